The topological polar surface area (TPSA) is 96.0 Å². The predicted octanol–water partition coefficient (Wildman–Crippen LogP) is 2.66. The highest BCUT2D eigenvalue weighted by Crippen LogP contribution is 2.30. The van der Waals surface area contributed by atoms with Gasteiger partial charge in [0.2, 0.25) is 11.8 Å². The van der Waals surface area contributed by atoms with E-state index in [2.05, 4.69) is 5.32 Å². The molecule has 0 aliphatic carbocycles. The van der Waals surface area contributed by atoms with Crippen molar-refractivity contribution in [2.45, 2.75) is 51.7 Å². The number of nitrogens with one attached hydrogen (secondary N) is 1. The molecule has 172 valence electrons. The Morgan fingerprint density at radius 1 is 1.18 bits per heavy atom. The third kappa shape index (κ3) is 4.60. The molecule has 0 radical (unpaired) electrons. The molecule has 8 nitrogen and oxygen atoms in total. The Balaban J connectivity index is 1.45. The summed E-state index contributed by atoms with van der Waals surface area (Å²) < 4.78 is 5.77. The van der Waals surface area contributed by atoms with E-state index in [0.29, 0.717) is 24.3 Å². The van der Waals surface area contributed by atoms with Crippen molar-refractivity contribution in [3.63, 3.8) is 0 Å². The second-order valence-electron chi connectivity index (χ2n) is 8.36. The molecule has 8 heteroatoms. The van der Waals surface area contributed by atoms with Gasteiger partial charge in [0.25, 0.3) is 11.8 Å². The summed E-state index contributed by atoms with van der Waals surface area (Å²) in [7, 11) is 0. The van der Waals surface area contributed by atoms with Crippen LogP contribution in [0, 0.1) is 0 Å². The predicted molar refractivity (Wildman–Crippen MR) is 122 cm³/mol. The number of carbonyl (C=O) groups excluding carboxylic acids is 4. The van der Waals surface area contributed by atoms with E-state index in [4.69, 9.17) is 4.74 Å². The van der Waals surface area contributed by atoms with Crippen molar-refractivity contribution in [3.8, 4) is 5.75 Å². The highest BCUT2D eigenvalue weighted by molar-refractivity contribution is 6.05. The number of ether oxygens (including phenoxy) is 1. The number of hydrogen-bond donors (Lipinski definition) is 1. The molecule has 4 rings (SSSR count). The minimum Gasteiger partial charge on any atom is -0.484 e. The van der Waals surface area contributed by atoms with E-state index in [-0.39, 0.29) is 36.8 Å². The van der Waals surface area contributed by atoms with Crippen molar-refractivity contribution in [1.82, 2.24) is 10.2 Å². The lowest BCUT2D eigenvalue weighted by Gasteiger charge is -2.29. The summed E-state index contributed by atoms with van der Waals surface area (Å²) in [5, 5.41) is 2.30. The molecule has 2 aliphatic rings. The van der Waals surface area contributed by atoms with Crippen LogP contribution in [-0.2, 0) is 20.9 Å². The van der Waals surface area contributed by atoms with Gasteiger partial charge in [-0.15, -0.1) is 0 Å². The first-order chi connectivity index (χ1) is 15.9. The number of nitrogens with zero attached hydrogens (tertiary/aromatic N) is 2. The average molecular weight is 450 g/mol. The number of anilines is 1. The number of carbonyl (C=O) groups is 4. The van der Waals surface area contributed by atoms with Gasteiger partial charge in [0, 0.05) is 30.3 Å². The monoisotopic (exact) mass is 449 g/mol. The molecule has 2 aromatic rings. The van der Waals surface area contributed by atoms with Crippen LogP contribution in [0.15, 0.2) is 48.5 Å². The molecule has 2 atom stereocenters. The number of benzene rings is 2. The minimum atomic E-state index is -0.663. The number of para-hydroxylation sites is 1. The van der Waals surface area contributed by atoms with E-state index in [1.807, 2.05) is 44.2 Å². The zero-order valence-corrected chi connectivity index (χ0v) is 18.7. The van der Waals surface area contributed by atoms with Gasteiger partial charge in [0.05, 0.1) is 0 Å². The molecule has 0 saturated carbocycles. The first-order valence-corrected chi connectivity index (χ1v) is 11.2. The van der Waals surface area contributed by atoms with Gasteiger partial charge in [-0.3, -0.25) is 24.5 Å². The van der Waals surface area contributed by atoms with Crippen LogP contribution in [0.25, 0.3) is 0 Å². The summed E-state index contributed by atoms with van der Waals surface area (Å²) >= 11 is 0. The standard InChI is InChI=1S/C25H27N3O5/c1-3-16(2)28(18-7-5-4-6-8-18)23(30)15-33-19-10-9-17-14-27(25(32)20(17)13-19)21-11-12-22(29)26-24(21)31/h4-10,13,16,21H,3,11-12,14-15H2,1-2H3,(H,26,29,31). The van der Waals surface area contributed by atoms with E-state index < -0.39 is 11.9 Å². The smallest absolute Gasteiger partial charge is 0.265 e. The van der Waals surface area contributed by atoms with Crippen molar-refractivity contribution in [3.05, 3.63) is 59.7 Å². The van der Waals surface area contributed by atoms with E-state index in [1.165, 1.54) is 4.90 Å². The van der Waals surface area contributed by atoms with Gasteiger partial charge in [-0.25, -0.2) is 0 Å². The Morgan fingerprint density at radius 2 is 1.94 bits per heavy atom. The lowest BCUT2D eigenvalue weighted by atomic mass is 10.0. The van der Waals surface area contributed by atoms with Crippen LogP contribution >= 0.6 is 0 Å². The fraction of sp³-hybridized carbons (Fsp3) is 0.360. The molecule has 2 aromatic carbocycles. The van der Waals surface area contributed by atoms with E-state index in [1.54, 1.807) is 23.1 Å². The van der Waals surface area contributed by atoms with Crippen LogP contribution in [0.4, 0.5) is 5.69 Å². The lowest BCUT2D eigenvalue weighted by Crippen LogP contribution is -2.52. The number of imide groups is 1. The van der Waals surface area contributed by atoms with Gasteiger partial charge in [0.15, 0.2) is 6.61 Å². The van der Waals surface area contributed by atoms with Gasteiger partial charge in [-0.1, -0.05) is 31.2 Å². The fourth-order valence-corrected chi connectivity index (χ4v) is 4.25. The maximum Gasteiger partial charge on any atom is 0.265 e. The number of fused-ring (bicyclic) bond motifs is 1. The molecule has 0 aromatic heterocycles. The number of amides is 4. The first kappa shape index (κ1) is 22.5. The third-order valence-corrected chi connectivity index (χ3v) is 6.20. The molecule has 0 spiro atoms. The second kappa shape index (κ2) is 9.44. The quantitative estimate of drug-likeness (QED) is 0.656. The zero-order chi connectivity index (χ0) is 23.5. The summed E-state index contributed by atoms with van der Waals surface area (Å²) in [4.78, 5) is 52.8. The van der Waals surface area contributed by atoms with Crippen molar-refractivity contribution in [2.75, 3.05) is 11.5 Å². The molecule has 2 heterocycles. The Labute approximate surface area is 192 Å². The van der Waals surface area contributed by atoms with Gasteiger partial charge < -0.3 is 14.5 Å². The highest BCUT2D eigenvalue weighted by Gasteiger charge is 2.39. The summed E-state index contributed by atoms with van der Waals surface area (Å²) in [5.41, 5.74) is 2.05. The normalized spacial score (nSPS) is 18.5. The number of rotatable bonds is 7. The molecule has 2 unspecified atom stereocenters. The van der Waals surface area contributed by atoms with Crippen LogP contribution in [-0.4, -0.2) is 47.2 Å². The number of hydrogen-bond acceptors (Lipinski definition) is 5. The molecular formula is C25H27N3O5. The highest BCUT2D eigenvalue weighted by atomic mass is 16.5. The van der Waals surface area contributed by atoms with Crippen molar-refractivity contribution < 1.29 is 23.9 Å². The Bertz CT molecular complexity index is 1080. The largest absolute Gasteiger partial charge is 0.484 e. The summed E-state index contributed by atoms with van der Waals surface area (Å²) in [5.74, 6) is -0.796. The van der Waals surface area contributed by atoms with Gasteiger partial charge in [-0.2, -0.15) is 0 Å². The van der Waals surface area contributed by atoms with Crippen molar-refractivity contribution in [1.29, 1.82) is 0 Å². The minimum absolute atomic E-state index is 0.00665. The lowest BCUT2D eigenvalue weighted by molar-refractivity contribution is -0.137. The first-order valence-electron chi connectivity index (χ1n) is 11.2. The van der Waals surface area contributed by atoms with Crippen LogP contribution in [0.3, 0.4) is 0 Å². The van der Waals surface area contributed by atoms with E-state index in [9.17, 15) is 19.2 Å². The van der Waals surface area contributed by atoms with Crippen molar-refractivity contribution >= 4 is 29.3 Å². The second-order valence-corrected chi connectivity index (χ2v) is 8.36. The van der Waals surface area contributed by atoms with Crippen LogP contribution in [0.2, 0.25) is 0 Å². The molecule has 0 bridgehead atoms. The van der Waals surface area contributed by atoms with Gasteiger partial charge in [0.1, 0.15) is 11.8 Å². The average Bonchev–Trinajstić information content (AvgIpc) is 3.14. The maximum absolute atomic E-state index is 13.0. The molecule has 1 saturated heterocycles. The summed E-state index contributed by atoms with van der Waals surface area (Å²) in [6.45, 7) is 4.15. The van der Waals surface area contributed by atoms with Crippen LogP contribution in [0.1, 0.15) is 49.0 Å². The number of piperidine rings is 1. The fourth-order valence-electron chi connectivity index (χ4n) is 4.25. The SMILES string of the molecule is CCC(C)N(C(=O)COc1ccc2c(c1)C(=O)N(C1CCC(=O)NC1=O)C2)c1ccccc1. The van der Waals surface area contributed by atoms with Crippen molar-refractivity contribution in [2.24, 2.45) is 0 Å². The maximum atomic E-state index is 13.0. The van der Waals surface area contributed by atoms with Gasteiger partial charge in [-0.05, 0) is 49.6 Å². The van der Waals surface area contributed by atoms with Crippen LogP contribution in [0.5, 0.6) is 5.75 Å². The molecule has 1 N–H and O–H groups in total. The van der Waals surface area contributed by atoms with E-state index >= 15 is 0 Å². The molecule has 33 heavy (non-hydrogen) atoms. The van der Waals surface area contributed by atoms with Gasteiger partial charge >= 0.3 is 0 Å². The molecule has 4 amide bonds. The Morgan fingerprint density at radius 3 is 2.64 bits per heavy atom. The summed E-state index contributed by atoms with van der Waals surface area (Å²) in [6.07, 6.45) is 1.32. The summed E-state index contributed by atoms with van der Waals surface area (Å²) in [6, 6.07) is 13.9. The Hall–Kier alpha value is -3.68. The third-order valence-electron chi connectivity index (χ3n) is 6.20. The van der Waals surface area contributed by atoms with Crippen LogP contribution < -0.4 is 15.0 Å². The molecule has 1 fully saturated rings. The Kier molecular flexibility index (Phi) is 6.44. The zero-order valence-electron chi connectivity index (χ0n) is 18.7. The molecular weight excluding hydrogens is 422 g/mol. The molecule has 2 aliphatic heterocycles. The van der Waals surface area contributed by atoms with E-state index in [0.717, 1.165) is 17.7 Å².